The summed E-state index contributed by atoms with van der Waals surface area (Å²) in [4.78, 5) is 14.8. The number of halogens is 1. The third-order valence-electron chi connectivity index (χ3n) is 4.94. The zero-order valence-corrected chi connectivity index (χ0v) is 15.7. The van der Waals surface area contributed by atoms with Crippen LogP contribution in [0, 0.1) is 0 Å². The van der Waals surface area contributed by atoms with Crippen molar-refractivity contribution in [2.75, 3.05) is 18.0 Å². The molecular formula is C22H21ClN2O2. The third kappa shape index (κ3) is 4.01. The molecule has 1 aliphatic rings. The van der Waals surface area contributed by atoms with E-state index in [1.54, 1.807) is 18.4 Å². The van der Waals surface area contributed by atoms with Gasteiger partial charge < -0.3 is 14.6 Å². The summed E-state index contributed by atoms with van der Waals surface area (Å²) < 4.78 is 5.68. The number of rotatable bonds is 6. The summed E-state index contributed by atoms with van der Waals surface area (Å²) in [6.07, 6.45) is 3.02. The highest BCUT2D eigenvalue weighted by Crippen LogP contribution is 2.34. The van der Waals surface area contributed by atoms with Crippen LogP contribution in [0.15, 0.2) is 71.3 Å². The molecule has 0 bridgehead atoms. The van der Waals surface area contributed by atoms with Gasteiger partial charge in [0.2, 0.25) is 5.91 Å². The van der Waals surface area contributed by atoms with Crippen LogP contribution in [-0.4, -0.2) is 19.0 Å². The van der Waals surface area contributed by atoms with Gasteiger partial charge in [0.1, 0.15) is 11.8 Å². The zero-order chi connectivity index (χ0) is 18.6. The summed E-state index contributed by atoms with van der Waals surface area (Å²) in [5.74, 6) is 0.847. The maximum absolute atomic E-state index is 12.4. The minimum absolute atomic E-state index is 0.0126. The topological polar surface area (TPSA) is 45.5 Å². The van der Waals surface area contributed by atoms with Crippen molar-refractivity contribution in [3.05, 3.63) is 88.8 Å². The minimum Gasteiger partial charge on any atom is -0.467 e. The largest absolute Gasteiger partial charge is 0.467 e. The number of carbonyl (C=O) groups excluding carboxylic acids is 1. The van der Waals surface area contributed by atoms with E-state index in [1.165, 1.54) is 11.3 Å². The van der Waals surface area contributed by atoms with E-state index in [2.05, 4.69) is 34.5 Å². The number of furan rings is 1. The van der Waals surface area contributed by atoms with Crippen LogP contribution < -0.4 is 10.2 Å². The minimum atomic E-state index is -0.0298. The smallest absolute Gasteiger partial charge is 0.224 e. The Morgan fingerprint density at radius 2 is 1.93 bits per heavy atom. The van der Waals surface area contributed by atoms with Gasteiger partial charge in [-0.15, -0.1) is 0 Å². The number of benzene rings is 2. The first-order chi connectivity index (χ1) is 13.2. The summed E-state index contributed by atoms with van der Waals surface area (Å²) in [5.41, 5.74) is 3.49. The Balaban J connectivity index is 1.46. The molecule has 0 radical (unpaired) electrons. The first-order valence-corrected chi connectivity index (χ1v) is 9.47. The molecule has 4 rings (SSSR count). The Morgan fingerprint density at radius 3 is 2.70 bits per heavy atom. The fraction of sp³-hybridized carbons (Fsp3) is 0.227. The summed E-state index contributed by atoms with van der Waals surface area (Å²) >= 11 is 5.91. The molecule has 138 valence electrons. The van der Waals surface area contributed by atoms with Crippen molar-refractivity contribution in [1.29, 1.82) is 0 Å². The van der Waals surface area contributed by atoms with Crippen LogP contribution in [0.4, 0.5) is 5.69 Å². The van der Waals surface area contributed by atoms with Gasteiger partial charge in [-0.05, 0) is 47.9 Å². The van der Waals surface area contributed by atoms with Gasteiger partial charge in [0.05, 0.1) is 12.7 Å². The van der Waals surface area contributed by atoms with Gasteiger partial charge >= 0.3 is 0 Å². The van der Waals surface area contributed by atoms with Crippen molar-refractivity contribution in [3.63, 3.8) is 0 Å². The van der Waals surface area contributed by atoms with Gasteiger partial charge in [0, 0.05) is 23.8 Å². The molecule has 1 atom stereocenters. The number of para-hydroxylation sites is 1. The summed E-state index contributed by atoms with van der Waals surface area (Å²) in [7, 11) is 0. The lowest BCUT2D eigenvalue weighted by molar-refractivity contribution is -0.120. The van der Waals surface area contributed by atoms with E-state index in [9.17, 15) is 4.79 Å². The molecule has 1 unspecified atom stereocenters. The second-order valence-electron chi connectivity index (χ2n) is 6.71. The highest BCUT2D eigenvalue weighted by Gasteiger charge is 2.29. The van der Waals surface area contributed by atoms with Crippen molar-refractivity contribution in [2.45, 2.75) is 18.9 Å². The Labute approximate surface area is 163 Å². The van der Waals surface area contributed by atoms with Crippen LogP contribution in [0.3, 0.4) is 0 Å². The molecule has 0 saturated carbocycles. The van der Waals surface area contributed by atoms with Crippen molar-refractivity contribution in [1.82, 2.24) is 5.32 Å². The number of hydrogen-bond acceptors (Lipinski definition) is 3. The lowest BCUT2D eigenvalue weighted by Gasteiger charge is -2.29. The monoisotopic (exact) mass is 380 g/mol. The molecule has 1 amide bonds. The number of nitrogens with one attached hydrogen (secondary N) is 1. The average Bonchev–Trinajstić information content (AvgIpc) is 3.35. The fourth-order valence-corrected chi connectivity index (χ4v) is 3.72. The molecule has 2 aromatic carbocycles. The van der Waals surface area contributed by atoms with E-state index in [4.69, 9.17) is 16.0 Å². The number of nitrogens with zero attached hydrogens (tertiary/aromatic N) is 1. The van der Waals surface area contributed by atoms with Crippen molar-refractivity contribution in [2.24, 2.45) is 0 Å². The van der Waals surface area contributed by atoms with E-state index < -0.39 is 0 Å². The molecule has 5 heteroatoms. The molecule has 0 aliphatic carbocycles. The number of hydrogen-bond donors (Lipinski definition) is 1. The molecule has 2 heterocycles. The lowest BCUT2D eigenvalue weighted by Crippen LogP contribution is -2.37. The molecule has 1 aromatic heterocycles. The van der Waals surface area contributed by atoms with E-state index in [0.717, 1.165) is 24.3 Å². The van der Waals surface area contributed by atoms with Crippen LogP contribution in [0.1, 0.15) is 22.9 Å². The quantitative estimate of drug-likeness (QED) is 0.689. The second kappa shape index (κ2) is 7.89. The van der Waals surface area contributed by atoms with Gasteiger partial charge in [-0.2, -0.15) is 0 Å². The number of amides is 1. The number of fused-ring (bicyclic) bond motifs is 1. The molecule has 27 heavy (non-hydrogen) atoms. The first-order valence-electron chi connectivity index (χ1n) is 9.10. The maximum atomic E-state index is 12.4. The van der Waals surface area contributed by atoms with Gasteiger partial charge in [-0.25, -0.2) is 0 Å². The normalized spacial score (nSPS) is 14.0. The Hall–Kier alpha value is -2.72. The number of carbonyl (C=O) groups is 1. The van der Waals surface area contributed by atoms with Crippen LogP contribution in [0.25, 0.3) is 0 Å². The fourth-order valence-electron chi connectivity index (χ4n) is 3.59. The predicted octanol–water partition coefficient (Wildman–Crippen LogP) is 4.40. The third-order valence-corrected chi connectivity index (χ3v) is 5.19. The van der Waals surface area contributed by atoms with E-state index >= 15 is 0 Å². The van der Waals surface area contributed by atoms with E-state index in [-0.39, 0.29) is 11.9 Å². The van der Waals surface area contributed by atoms with Crippen molar-refractivity contribution < 1.29 is 9.21 Å². The summed E-state index contributed by atoms with van der Waals surface area (Å²) in [5, 5.41) is 3.74. The zero-order valence-electron chi connectivity index (χ0n) is 14.9. The molecule has 1 N–H and O–H groups in total. The van der Waals surface area contributed by atoms with Crippen LogP contribution in [-0.2, 0) is 17.6 Å². The Bertz CT molecular complexity index is 906. The predicted molar refractivity (Wildman–Crippen MR) is 107 cm³/mol. The molecule has 0 saturated heterocycles. The van der Waals surface area contributed by atoms with E-state index in [0.29, 0.717) is 18.0 Å². The summed E-state index contributed by atoms with van der Waals surface area (Å²) in [6.45, 7) is 1.41. The molecule has 0 spiro atoms. The van der Waals surface area contributed by atoms with Crippen LogP contribution in [0.2, 0.25) is 5.02 Å². The highest BCUT2D eigenvalue weighted by molar-refractivity contribution is 6.30. The van der Waals surface area contributed by atoms with Gasteiger partial charge in [-0.3, -0.25) is 4.79 Å². The summed E-state index contributed by atoms with van der Waals surface area (Å²) in [6, 6.07) is 19.6. The highest BCUT2D eigenvalue weighted by atomic mass is 35.5. The Morgan fingerprint density at radius 1 is 1.11 bits per heavy atom. The second-order valence-corrected chi connectivity index (χ2v) is 7.15. The number of anilines is 1. The molecule has 3 aromatic rings. The van der Waals surface area contributed by atoms with Crippen molar-refractivity contribution >= 4 is 23.2 Å². The SMILES string of the molecule is O=C(Cc1ccc(Cl)cc1)NCC(c1ccco1)N1CCc2ccccc21. The lowest BCUT2D eigenvalue weighted by atomic mass is 10.1. The van der Waals surface area contributed by atoms with Gasteiger partial charge in [0.15, 0.2) is 0 Å². The molecule has 4 nitrogen and oxygen atoms in total. The van der Waals surface area contributed by atoms with Crippen LogP contribution in [0.5, 0.6) is 0 Å². The van der Waals surface area contributed by atoms with Crippen molar-refractivity contribution in [3.8, 4) is 0 Å². The average molecular weight is 381 g/mol. The van der Waals surface area contributed by atoms with Crippen LogP contribution >= 0.6 is 11.6 Å². The Kier molecular flexibility index (Phi) is 5.16. The molecular weight excluding hydrogens is 360 g/mol. The standard InChI is InChI=1S/C22H21ClN2O2/c23-18-9-7-16(8-10-18)14-22(26)24-15-20(21-6-3-13-27-21)25-12-11-17-4-1-2-5-19(17)25/h1-10,13,20H,11-12,14-15H2,(H,24,26). The van der Waals surface area contributed by atoms with E-state index in [1.807, 2.05) is 24.3 Å². The van der Waals surface area contributed by atoms with Gasteiger partial charge in [-0.1, -0.05) is 41.9 Å². The van der Waals surface area contributed by atoms with Gasteiger partial charge in [0.25, 0.3) is 0 Å². The maximum Gasteiger partial charge on any atom is 0.224 e. The first kappa shape index (κ1) is 17.7. The molecule has 1 aliphatic heterocycles. The molecule has 0 fully saturated rings.